The summed E-state index contributed by atoms with van der Waals surface area (Å²) >= 11 is 0. The lowest BCUT2D eigenvalue weighted by Gasteiger charge is -2.05. The van der Waals surface area contributed by atoms with Crippen molar-refractivity contribution >= 4 is 11.0 Å². The Balaban J connectivity index is 2.10. The summed E-state index contributed by atoms with van der Waals surface area (Å²) in [6.45, 7) is 0.470. The zero-order chi connectivity index (χ0) is 13.9. The van der Waals surface area contributed by atoms with Crippen molar-refractivity contribution in [2.45, 2.75) is 13.2 Å². The first-order valence-corrected chi connectivity index (χ1v) is 6.21. The van der Waals surface area contributed by atoms with Gasteiger partial charge in [0.05, 0.1) is 13.2 Å². The molecular formula is C15H12N4O. The van der Waals surface area contributed by atoms with Crippen LogP contribution >= 0.6 is 0 Å². The van der Waals surface area contributed by atoms with Crippen LogP contribution in [0.15, 0.2) is 42.9 Å². The average Bonchev–Trinajstić information content (AvgIpc) is 2.86. The molecule has 3 rings (SSSR count). The Labute approximate surface area is 115 Å². The van der Waals surface area contributed by atoms with Crippen molar-refractivity contribution < 1.29 is 5.11 Å². The van der Waals surface area contributed by atoms with Gasteiger partial charge in [0.25, 0.3) is 0 Å². The van der Waals surface area contributed by atoms with Crippen LogP contribution in [0.3, 0.4) is 0 Å². The van der Waals surface area contributed by atoms with E-state index in [-0.39, 0.29) is 6.61 Å². The van der Waals surface area contributed by atoms with E-state index in [0.29, 0.717) is 12.2 Å². The number of hydrogen-bond acceptors (Lipinski definition) is 4. The second-order valence-electron chi connectivity index (χ2n) is 4.44. The zero-order valence-electron chi connectivity index (χ0n) is 10.7. The number of pyridine rings is 2. The molecule has 0 saturated heterocycles. The molecule has 3 aromatic heterocycles. The highest BCUT2D eigenvalue weighted by Gasteiger charge is 2.10. The van der Waals surface area contributed by atoms with Crippen LogP contribution in [0, 0.1) is 11.3 Å². The number of fused-ring (bicyclic) bond motifs is 1. The molecule has 1 N–H and O–H groups in total. The molecule has 5 heteroatoms. The monoisotopic (exact) mass is 264 g/mol. The van der Waals surface area contributed by atoms with Gasteiger partial charge >= 0.3 is 0 Å². The highest BCUT2D eigenvalue weighted by atomic mass is 16.3. The van der Waals surface area contributed by atoms with Crippen LogP contribution in [0.25, 0.3) is 11.0 Å². The van der Waals surface area contributed by atoms with E-state index in [1.165, 1.54) is 0 Å². The molecule has 3 aromatic rings. The van der Waals surface area contributed by atoms with Gasteiger partial charge in [-0.1, -0.05) is 6.07 Å². The quantitative estimate of drug-likeness (QED) is 0.783. The lowest BCUT2D eigenvalue weighted by atomic mass is 10.2. The number of nitriles is 1. The standard InChI is InChI=1S/C15H12N4O/c16-7-14-11(3-1-5-17-14)8-19-9-12(10-20)13-4-2-6-18-15(13)19/h1-6,9,20H,8,10H2. The van der Waals surface area contributed by atoms with E-state index in [0.717, 1.165) is 22.2 Å². The van der Waals surface area contributed by atoms with E-state index in [1.807, 2.05) is 35.0 Å². The predicted molar refractivity (Wildman–Crippen MR) is 73.7 cm³/mol. The largest absolute Gasteiger partial charge is 0.392 e. The molecule has 98 valence electrons. The Hall–Kier alpha value is -2.71. The molecule has 5 nitrogen and oxygen atoms in total. The van der Waals surface area contributed by atoms with Crippen molar-refractivity contribution in [3.63, 3.8) is 0 Å². The summed E-state index contributed by atoms with van der Waals surface area (Å²) in [5, 5.41) is 19.4. The summed E-state index contributed by atoms with van der Waals surface area (Å²) < 4.78 is 1.93. The van der Waals surface area contributed by atoms with Gasteiger partial charge in [-0.05, 0) is 18.2 Å². The number of aliphatic hydroxyl groups excluding tert-OH is 1. The molecule has 0 radical (unpaired) electrons. The van der Waals surface area contributed by atoms with Gasteiger partial charge in [0, 0.05) is 35.1 Å². The van der Waals surface area contributed by atoms with Gasteiger partial charge in [-0.25, -0.2) is 9.97 Å². The SMILES string of the molecule is N#Cc1ncccc1Cn1cc(CO)c2cccnc21. The fraction of sp³-hybridized carbons (Fsp3) is 0.133. The Bertz CT molecular complexity index is 801. The zero-order valence-corrected chi connectivity index (χ0v) is 10.7. The van der Waals surface area contributed by atoms with Gasteiger partial charge in [-0.15, -0.1) is 0 Å². The number of hydrogen-bond donors (Lipinski definition) is 1. The van der Waals surface area contributed by atoms with Gasteiger partial charge in [-0.3, -0.25) is 0 Å². The van der Waals surface area contributed by atoms with Gasteiger partial charge < -0.3 is 9.67 Å². The average molecular weight is 264 g/mol. The van der Waals surface area contributed by atoms with E-state index in [2.05, 4.69) is 16.0 Å². The minimum absolute atomic E-state index is 0.0344. The maximum atomic E-state index is 9.41. The normalized spacial score (nSPS) is 10.6. The van der Waals surface area contributed by atoms with Gasteiger partial charge in [-0.2, -0.15) is 5.26 Å². The molecule has 0 amide bonds. The molecule has 3 heterocycles. The Morgan fingerprint density at radius 3 is 2.75 bits per heavy atom. The summed E-state index contributed by atoms with van der Waals surface area (Å²) in [4.78, 5) is 8.41. The van der Waals surface area contributed by atoms with E-state index in [9.17, 15) is 5.11 Å². The summed E-state index contributed by atoms with van der Waals surface area (Å²) in [5.41, 5.74) is 2.87. The number of nitrogens with zero attached hydrogens (tertiary/aromatic N) is 4. The molecule has 0 atom stereocenters. The summed E-state index contributed by atoms with van der Waals surface area (Å²) in [6, 6.07) is 9.55. The minimum atomic E-state index is -0.0344. The highest BCUT2D eigenvalue weighted by molar-refractivity contribution is 5.80. The molecule has 0 aliphatic heterocycles. The fourth-order valence-corrected chi connectivity index (χ4v) is 2.29. The smallest absolute Gasteiger partial charge is 0.145 e. The molecule has 0 unspecified atom stereocenters. The van der Waals surface area contributed by atoms with Crippen LogP contribution in [0.1, 0.15) is 16.8 Å². The van der Waals surface area contributed by atoms with Crippen molar-refractivity contribution in [1.82, 2.24) is 14.5 Å². The first kappa shape index (κ1) is 12.3. The van der Waals surface area contributed by atoms with Crippen LogP contribution < -0.4 is 0 Å². The maximum absolute atomic E-state index is 9.41. The highest BCUT2D eigenvalue weighted by Crippen LogP contribution is 2.20. The molecule has 0 aliphatic rings. The van der Waals surface area contributed by atoms with Crippen molar-refractivity contribution in [2.75, 3.05) is 0 Å². The van der Waals surface area contributed by atoms with Crippen LogP contribution in [-0.4, -0.2) is 19.6 Å². The second kappa shape index (κ2) is 5.11. The molecule has 0 fully saturated rings. The van der Waals surface area contributed by atoms with E-state index < -0.39 is 0 Å². The van der Waals surface area contributed by atoms with Gasteiger partial charge in [0.2, 0.25) is 0 Å². The third-order valence-corrected chi connectivity index (χ3v) is 3.22. The number of aliphatic hydroxyl groups is 1. The second-order valence-corrected chi connectivity index (χ2v) is 4.44. The Kier molecular flexibility index (Phi) is 3.15. The first-order chi connectivity index (χ1) is 9.83. The summed E-state index contributed by atoms with van der Waals surface area (Å²) in [5.74, 6) is 0. The molecule has 0 aromatic carbocycles. The fourth-order valence-electron chi connectivity index (χ4n) is 2.29. The third-order valence-electron chi connectivity index (χ3n) is 3.22. The molecule has 0 aliphatic carbocycles. The van der Waals surface area contributed by atoms with E-state index in [1.54, 1.807) is 12.4 Å². The van der Waals surface area contributed by atoms with Crippen LogP contribution in [0.2, 0.25) is 0 Å². The van der Waals surface area contributed by atoms with Crippen molar-refractivity contribution in [2.24, 2.45) is 0 Å². The van der Waals surface area contributed by atoms with Crippen molar-refractivity contribution in [1.29, 1.82) is 5.26 Å². The van der Waals surface area contributed by atoms with Crippen LogP contribution in [-0.2, 0) is 13.2 Å². The van der Waals surface area contributed by atoms with Crippen LogP contribution in [0.5, 0.6) is 0 Å². The number of aromatic nitrogens is 3. The van der Waals surface area contributed by atoms with Crippen molar-refractivity contribution in [3.05, 3.63) is 59.7 Å². The first-order valence-electron chi connectivity index (χ1n) is 6.21. The molecule has 0 spiro atoms. The molecular weight excluding hydrogens is 252 g/mol. The van der Waals surface area contributed by atoms with Crippen LogP contribution in [0.4, 0.5) is 0 Å². The number of rotatable bonds is 3. The maximum Gasteiger partial charge on any atom is 0.145 e. The topological polar surface area (TPSA) is 74.7 Å². The van der Waals surface area contributed by atoms with E-state index in [4.69, 9.17) is 5.26 Å². The molecule has 0 bridgehead atoms. The van der Waals surface area contributed by atoms with Crippen molar-refractivity contribution in [3.8, 4) is 6.07 Å². The summed E-state index contributed by atoms with van der Waals surface area (Å²) in [6.07, 6.45) is 5.19. The third kappa shape index (κ3) is 2.02. The predicted octanol–water partition coefficient (Wildman–Crippen LogP) is 1.84. The van der Waals surface area contributed by atoms with Gasteiger partial charge in [0.15, 0.2) is 0 Å². The van der Waals surface area contributed by atoms with E-state index >= 15 is 0 Å². The Morgan fingerprint density at radius 2 is 1.95 bits per heavy atom. The summed E-state index contributed by atoms with van der Waals surface area (Å²) in [7, 11) is 0. The molecule has 20 heavy (non-hydrogen) atoms. The minimum Gasteiger partial charge on any atom is -0.392 e. The van der Waals surface area contributed by atoms with Gasteiger partial charge in [0.1, 0.15) is 17.4 Å². The molecule has 0 saturated carbocycles. The Morgan fingerprint density at radius 1 is 1.15 bits per heavy atom. The lowest BCUT2D eigenvalue weighted by Crippen LogP contribution is -2.02. The lowest BCUT2D eigenvalue weighted by molar-refractivity contribution is 0.283.